The minimum Gasteiger partial charge on any atom is -0.324 e. The minimum absolute atomic E-state index is 0.158. The summed E-state index contributed by atoms with van der Waals surface area (Å²) in [5, 5.41) is 8.26. The second kappa shape index (κ2) is 9.45. The van der Waals surface area contributed by atoms with Gasteiger partial charge in [-0.1, -0.05) is 30.3 Å². The first-order valence-electron chi connectivity index (χ1n) is 11.4. The molecule has 0 atom stereocenters. The molecule has 186 valence electrons. The Morgan fingerprint density at radius 2 is 1.86 bits per heavy atom. The molecule has 0 amide bonds. The lowest BCUT2D eigenvalue weighted by Gasteiger charge is -2.12. The first-order valence-corrected chi connectivity index (χ1v) is 11.4. The van der Waals surface area contributed by atoms with Crippen LogP contribution in [0, 0.1) is 6.92 Å². The molecule has 0 aliphatic heterocycles. The highest BCUT2D eigenvalue weighted by atomic mass is 19.4. The maximum atomic E-state index is 13.1. The number of halogens is 3. The molecule has 0 unspecified atom stereocenters. The number of ketones is 1. The quantitative estimate of drug-likeness (QED) is 0.290. The van der Waals surface area contributed by atoms with Crippen LogP contribution in [0.3, 0.4) is 0 Å². The predicted octanol–water partition coefficient (Wildman–Crippen LogP) is 5.92. The first kappa shape index (κ1) is 24.1. The van der Waals surface area contributed by atoms with Crippen molar-refractivity contribution in [3.8, 4) is 11.3 Å². The number of Topliss-reactive ketones (excluding diaryl/α,β-unsaturated/α-hetero) is 1. The highest BCUT2D eigenvalue weighted by Crippen LogP contribution is 2.31. The van der Waals surface area contributed by atoms with E-state index < -0.39 is 11.7 Å². The Labute approximate surface area is 210 Å². The molecule has 10 heteroatoms. The van der Waals surface area contributed by atoms with Gasteiger partial charge in [-0.2, -0.15) is 23.3 Å². The van der Waals surface area contributed by atoms with Crippen molar-refractivity contribution in [3.05, 3.63) is 95.4 Å². The van der Waals surface area contributed by atoms with E-state index in [1.54, 1.807) is 48.5 Å². The number of pyridine rings is 1. The van der Waals surface area contributed by atoms with Crippen LogP contribution < -0.4 is 5.32 Å². The smallest absolute Gasteiger partial charge is 0.324 e. The van der Waals surface area contributed by atoms with Crippen molar-refractivity contribution in [1.82, 2.24) is 24.7 Å². The van der Waals surface area contributed by atoms with E-state index in [1.165, 1.54) is 12.1 Å². The summed E-state index contributed by atoms with van der Waals surface area (Å²) in [5.41, 5.74) is 3.39. The van der Waals surface area contributed by atoms with Gasteiger partial charge in [-0.25, -0.2) is 4.98 Å². The van der Waals surface area contributed by atoms with E-state index >= 15 is 0 Å². The average Bonchev–Trinajstić information content (AvgIpc) is 3.25. The summed E-state index contributed by atoms with van der Waals surface area (Å²) in [7, 11) is 1.78. The van der Waals surface area contributed by atoms with E-state index in [2.05, 4.69) is 25.4 Å². The summed E-state index contributed by atoms with van der Waals surface area (Å²) in [5.74, 6) is 0.00181. The molecule has 5 rings (SSSR count). The molecular formula is C27H21F3N6O. The van der Waals surface area contributed by atoms with Crippen molar-refractivity contribution in [1.29, 1.82) is 0 Å². The summed E-state index contributed by atoms with van der Waals surface area (Å²) < 4.78 is 40.8. The summed E-state index contributed by atoms with van der Waals surface area (Å²) in [6, 6.07) is 13.6. The molecule has 37 heavy (non-hydrogen) atoms. The Morgan fingerprint density at radius 1 is 1.03 bits per heavy atom. The Balaban J connectivity index is 1.46. The zero-order valence-corrected chi connectivity index (χ0v) is 19.9. The van der Waals surface area contributed by atoms with E-state index in [0.717, 1.165) is 28.6 Å². The number of benzene rings is 2. The zero-order valence-electron chi connectivity index (χ0n) is 19.9. The first-order chi connectivity index (χ1) is 17.7. The third kappa shape index (κ3) is 5.04. The molecule has 0 fully saturated rings. The molecular weight excluding hydrogens is 481 g/mol. The van der Waals surface area contributed by atoms with Gasteiger partial charge in [-0.3, -0.25) is 14.5 Å². The number of aryl methyl sites for hydroxylation is 2. The molecule has 5 aromatic rings. The number of nitrogens with one attached hydrogen (secondary N) is 1. The van der Waals surface area contributed by atoms with Crippen LogP contribution in [0.5, 0.6) is 0 Å². The summed E-state index contributed by atoms with van der Waals surface area (Å²) >= 11 is 0. The molecule has 0 saturated heterocycles. The van der Waals surface area contributed by atoms with Gasteiger partial charge in [-0.15, -0.1) is 0 Å². The Kier molecular flexibility index (Phi) is 6.16. The van der Waals surface area contributed by atoms with Gasteiger partial charge >= 0.3 is 6.18 Å². The van der Waals surface area contributed by atoms with Gasteiger partial charge < -0.3 is 5.32 Å². The number of aromatic nitrogens is 5. The summed E-state index contributed by atoms with van der Waals surface area (Å²) in [6.07, 6.45) is 0.449. The average molecular weight is 503 g/mol. The van der Waals surface area contributed by atoms with E-state index in [0.29, 0.717) is 34.1 Å². The van der Waals surface area contributed by atoms with Crippen LogP contribution in [-0.4, -0.2) is 30.5 Å². The molecule has 0 aliphatic rings. The lowest BCUT2D eigenvalue weighted by Crippen LogP contribution is -2.09. The van der Waals surface area contributed by atoms with Crippen molar-refractivity contribution in [2.24, 2.45) is 7.05 Å². The lowest BCUT2D eigenvalue weighted by molar-refractivity contribution is -0.137. The highest BCUT2D eigenvalue weighted by Gasteiger charge is 2.30. The number of carbonyl (C=O) groups is 1. The monoisotopic (exact) mass is 502 g/mol. The van der Waals surface area contributed by atoms with E-state index in [4.69, 9.17) is 0 Å². The van der Waals surface area contributed by atoms with Gasteiger partial charge in [0.2, 0.25) is 5.95 Å². The highest BCUT2D eigenvalue weighted by molar-refractivity contribution is 5.98. The molecule has 0 spiro atoms. The van der Waals surface area contributed by atoms with Crippen molar-refractivity contribution < 1.29 is 18.0 Å². The molecule has 2 aromatic carbocycles. The number of carbonyl (C=O) groups excluding carboxylic acids is 1. The van der Waals surface area contributed by atoms with Crippen LogP contribution in [-0.2, 0) is 19.6 Å². The van der Waals surface area contributed by atoms with Gasteiger partial charge in [0, 0.05) is 42.7 Å². The van der Waals surface area contributed by atoms with Crippen LogP contribution in [0.2, 0.25) is 0 Å². The molecule has 7 nitrogen and oxygen atoms in total. The zero-order chi connectivity index (χ0) is 26.2. The van der Waals surface area contributed by atoms with Gasteiger partial charge in [0.15, 0.2) is 11.4 Å². The Morgan fingerprint density at radius 3 is 2.62 bits per heavy atom. The number of fused-ring (bicyclic) bond motifs is 1. The van der Waals surface area contributed by atoms with E-state index in [1.807, 2.05) is 19.1 Å². The number of rotatable bonds is 6. The summed E-state index contributed by atoms with van der Waals surface area (Å²) in [4.78, 5) is 26.4. The standard InChI is InChI=1S/C27H21F3N6O/c1-16-8-9-18(23(37)12-17-5-3-7-20(11-17)27(28,29)30)13-22(16)33-26-34-24(19-6-4-10-31-14-19)21-15-32-36(2)25(21)35-26/h3-11,13-15H,12H2,1-2H3,(H,33,34,35). The lowest BCUT2D eigenvalue weighted by atomic mass is 9.99. The van der Waals surface area contributed by atoms with Crippen molar-refractivity contribution in [3.63, 3.8) is 0 Å². The molecule has 0 aliphatic carbocycles. The van der Waals surface area contributed by atoms with Gasteiger partial charge in [-0.05, 0) is 42.3 Å². The Hall–Kier alpha value is -4.60. The number of hydrogen-bond acceptors (Lipinski definition) is 6. The maximum absolute atomic E-state index is 13.1. The molecule has 3 aromatic heterocycles. The molecule has 0 saturated carbocycles. The summed E-state index contributed by atoms with van der Waals surface area (Å²) in [6.45, 7) is 1.87. The number of alkyl halides is 3. The van der Waals surface area contributed by atoms with Crippen LogP contribution in [0.1, 0.15) is 27.0 Å². The third-order valence-corrected chi connectivity index (χ3v) is 5.95. The normalized spacial score (nSPS) is 11.6. The van der Waals surface area contributed by atoms with Crippen LogP contribution in [0.4, 0.5) is 24.8 Å². The molecule has 0 bridgehead atoms. The molecule has 1 N–H and O–H groups in total. The number of anilines is 2. The minimum atomic E-state index is -4.47. The van der Waals surface area contributed by atoms with Gasteiger partial charge in [0.25, 0.3) is 0 Å². The molecule has 3 heterocycles. The maximum Gasteiger partial charge on any atom is 0.416 e. The fourth-order valence-corrected chi connectivity index (χ4v) is 4.00. The van der Waals surface area contributed by atoms with Crippen molar-refractivity contribution in [2.75, 3.05) is 5.32 Å². The SMILES string of the molecule is Cc1ccc(C(=O)Cc2cccc(C(F)(F)F)c2)cc1Nc1nc(-c2cccnc2)c2cnn(C)c2n1. The van der Waals surface area contributed by atoms with Gasteiger partial charge in [0.1, 0.15) is 0 Å². The second-order valence-corrected chi connectivity index (χ2v) is 8.60. The number of hydrogen-bond donors (Lipinski definition) is 1. The van der Waals surface area contributed by atoms with Crippen molar-refractivity contribution >= 4 is 28.5 Å². The topological polar surface area (TPSA) is 85.6 Å². The second-order valence-electron chi connectivity index (χ2n) is 8.60. The fourth-order valence-electron chi connectivity index (χ4n) is 4.00. The number of nitrogens with zero attached hydrogens (tertiary/aromatic N) is 5. The fraction of sp³-hybridized carbons (Fsp3) is 0.148. The van der Waals surface area contributed by atoms with Crippen LogP contribution in [0.15, 0.2) is 73.2 Å². The third-order valence-electron chi connectivity index (χ3n) is 5.95. The molecule has 0 radical (unpaired) electrons. The van der Waals surface area contributed by atoms with Crippen molar-refractivity contribution in [2.45, 2.75) is 19.5 Å². The largest absolute Gasteiger partial charge is 0.416 e. The van der Waals surface area contributed by atoms with Crippen LogP contribution in [0.25, 0.3) is 22.3 Å². The Bertz CT molecular complexity index is 1610. The van der Waals surface area contributed by atoms with Crippen LogP contribution >= 0.6 is 0 Å². The van der Waals surface area contributed by atoms with Gasteiger partial charge in [0.05, 0.1) is 22.8 Å². The van der Waals surface area contributed by atoms with E-state index in [9.17, 15) is 18.0 Å². The predicted molar refractivity (Wildman–Crippen MR) is 133 cm³/mol. The van der Waals surface area contributed by atoms with E-state index in [-0.39, 0.29) is 12.2 Å².